The lowest BCUT2D eigenvalue weighted by molar-refractivity contribution is 0.392. The summed E-state index contributed by atoms with van der Waals surface area (Å²) in [4.78, 5) is 0. The Labute approximate surface area is 120 Å². The monoisotopic (exact) mass is 314 g/mol. The van der Waals surface area contributed by atoms with Crippen LogP contribution >= 0.6 is 0 Å². The van der Waals surface area contributed by atoms with E-state index >= 15 is 0 Å². The Kier molecular flexibility index (Phi) is 3.20. The number of benzene rings is 1. The number of hydrogen-bond donors (Lipinski definition) is 0. The zero-order valence-electron chi connectivity index (χ0n) is 11.1. The van der Waals surface area contributed by atoms with Gasteiger partial charge in [-0.3, -0.25) is 4.31 Å². The molecule has 0 amide bonds. The lowest BCUT2D eigenvalue weighted by Gasteiger charge is -2.18. The maximum Gasteiger partial charge on any atom is 0.241 e. The van der Waals surface area contributed by atoms with Crippen LogP contribution in [0, 0.1) is 18.6 Å². The Balaban J connectivity index is 1.96. The van der Waals surface area contributed by atoms with E-state index in [1.807, 2.05) is 0 Å². The van der Waals surface area contributed by atoms with Gasteiger partial charge in [-0.05, 0) is 19.4 Å². The molecule has 112 valence electrons. The van der Waals surface area contributed by atoms with Crippen molar-refractivity contribution in [1.29, 1.82) is 0 Å². The quantitative estimate of drug-likeness (QED) is 0.871. The van der Waals surface area contributed by atoms with Crippen LogP contribution in [0.1, 0.15) is 17.0 Å². The second kappa shape index (κ2) is 4.80. The first-order valence-corrected chi connectivity index (χ1v) is 7.88. The number of halogens is 2. The van der Waals surface area contributed by atoms with E-state index in [9.17, 15) is 17.2 Å². The van der Waals surface area contributed by atoms with Crippen molar-refractivity contribution in [2.75, 3.05) is 10.8 Å². The predicted octanol–water partition coefficient (Wildman–Crippen LogP) is 2.15. The molecule has 0 atom stereocenters. The van der Waals surface area contributed by atoms with Crippen molar-refractivity contribution in [2.24, 2.45) is 0 Å². The first-order valence-electron chi connectivity index (χ1n) is 6.27. The van der Waals surface area contributed by atoms with Crippen LogP contribution in [-0.4, -0.2) is 20.1 Å². The summed E-state index contributed by atoms with van der Waals surface area (Å²) >= 11 is 0. The Morgan fingerprint density at radius 3 is 2.76 bits per heavy atom. The average Bonchev–Trinajstić information content (AvgIpc) is 2.95. The predicted molar refractivity (Wildman–Crippen MR) is 71.3 cm³/mol. The zero-order valence-corrected chi connectivity index (χ0v) is 12.0. The topological polar surface area (TPSA) is 63.4 Å². The molecule has 1 aromatic carbocycles. The number of nitrogens with zero attached hydrogens (tertiary/aromatic N) is 2. The van der Waals surface area contributed by atoms with Gasteiger partial charge in [0.25, 0.3) is 0 Å². The number of sulfonamides is 1. The van der Waals surface area contributed by atoms with E-state index in [1.54, 1.807) is 6.92 Å². The van der Waals surface area contributed by atoms with E-state index in [0.29, 0.717) is 5.76 Å². The summed E-state index contributed by atoms with van der Waals surface area (Å²) in [5, 5.41) is 3.63. The summed E-state index contributed by atoms with van der Waals surface area (Å²) in [6, 6.07) is 3.31. The van der Waals surface area contributed by atoms with Crippen LogP contribution < -0.4 is 4.31 Å². The van der Waals surface area contributed by atoms with Crippen LogP contribution in [0.2, 0.25) is 0 Å². The molecule has 0 saturated carbocycles. The highest BCUT2D eigenvalue weighted by Gasteiger charge is 2.32. The van der Waals surface area contributed by atoms with Gasteiger partial charge in [0.2, 0.25) is 10.0 Å². The number of fused-ring (bicyclic) bond motifs is 1. The van der Waals surface area contributed by atoms with E-state index < -0.39 is 21.7 Å². The van der Waals surface area contributed by atoms with Gasteiger partial charge in [0, 0.05) is 24.2 Å². The van der Waals surface area contributed by atoms with Crippen molar-refractivity contribution in [1.82, 2.24) is 5.16 Å². The van der Waals surface area contributed by atoms with Gasteiger partial charge in [0.15, 0.2) is 0 Å². The molecule has 21 heavy (non-hydrogen) atoms. The van der Waals surface area contributed by atoms with E-state index in [0.717, 1.165) is 16.4 Å². The van der Waals surface area contributed by atoms with Crippen LogP contribution in [0.4, 0.5) is 14.5 Å². The Hall–Kier alpha value is -1.96. The van der Waals surface area contributed by atoms with Gasteiger partial charge in [0.05, 0.1) is 5.69 Å². The second-order valence-corrected chi connectivity index (χ2v) is 6.79. The molecule has 5 nitrogen and oxygen atoms in total. The van der Waals surface area contributed by atoms with Crippen molar-refractivity contribution >= 4 is 15.7 Å². The lowest BCUT2D eigenvalue weighted by atomic mass is 10.1. The first-order chi connectivity index (χ1) is 9.87. The summed E-state index contributed by atoms with van der Waals surface area (Å²) in [7, 11) is -3.77. The Bertz CT molecular complexity index is 802. The standard InChI is InChI=1S/C13H12F2N2O3S/c1-8-4-10(16-20-8)7-21(18,19)17-3-2-11-12(15)5-9(14)6-13(11)17/h4-6H,2-3,7H2,1H3. The smallest absolute Gasteiger partial charge is 0.241 e. The number of aryl methyl sites for hydroxylation is 1. The van der Waals surface area contributed by atoms with Crippen molar-refractivity contribution < 1.29 is 21.7 Å². The normalized spacial score (nSPS) is 14.5. The van der Waals surface area contributed by atoms with E-state index in [1.165, 1.54) is 6.07 Å². The van der Waals surface area contributed by atoms with Gasteiger partial charge in [-0.2, -0.15) is 0 Å². The Morgan fingerprint density at radius 2 is 2.10 bits per heavy atom. The fourth-order valence-electron chi connectivity index (χ4n) is 2.43. The summed E-state index contributed by atoms with van der Waals surface area (Å²) < 4.78 is 57.6. The van der Waals surface area contributed by atoms with Gasteiger partial charge in [-0.25, -0.2) is 17.2 Å². The molecule has 0 N–H and O–H groups in total. The van der Waals surface area contributed by atoms with Gasteiger partial charge in [-0.15, -0.1) is 0 Å². The van der Waals surface area contributed by atoms with Gasteiger partial charge in [0.1, 0.15) is 28.8 Å². The fraction of sp³-hybridized carbons (Fsp3) is 0.308. The zero-order chi connectivity index (χ0) is 15.2. The van der Waals surface area contributed by atoms with Crippen molar-refractivity contribution in [3.8, 4) is 0 Å². The molecule has 1 aromatic heterocycles. The van der Waals surface area contributed by atoms with Crippen molar-refractivity contribution in [3.63, 3.8) is 0 Å². The number of anilines is 1. The van der Waals surface area contributed by atoms with Gasteiger partial charge in [-0.1, -0.05) is 5.16 Å². The summed E-state index contributed by atoms with van der Waals surface area (Å²) in [6.45, 7) is 1.74. The minimum absolute atomic E-state index is 0.0627. The average molecular weight is 314 g/mol. The summed E-state index contributed by atoms with van der Waals surface area (Å²) in [5.41, 5.74) is 0.543. The number of aromatic nitrogens is 1. The molecule has 0 radical (unpaired) electrons. The van der Waals surface area contributed by atoms with Gasteiger partial charge >= 0.3 is 0 Å². The molecule has 0 bridgehead atoms. The maximum atomic E-state index is 13.7. The van der Waals surface area contributed by atoms with Crippen LogP contribution in [0.15, 0.2) is 22.7 Å². The highest BCUT2D eigenvalue weighted by molar-refractivity contribution is 7.92. The first kappa shape index (κ1) is 14.0. The van der Waals surface area contributed by atoms with Crippen LogP contribution in [-0.2, 0) is 22.2 Å². The molecule has 2 aromatic rings. The highest BCUT2D eigenvalue weighted by Crippen LogP contribution is 2.34. The largest absolute Gasteiger partial charge is 0.361 e. The second-order valence-electron chi connectivity index (χ2n) is 4.89. The fourth-order valence-corrected chi connectivity index (χ4v) is 3.93. The molecule has 3 rings (SSSR count). The summed E-state index contributed by atoms with van der Waals surface area (Å²) in [6.07, 6.45) is 0.221. The van der Waals surface area contributed by atoms with E-state index in [4.69, 9.17) is 4.52 Å². The molecular weight excluding hydrogens is 302 g/mol. The van der Waals surface area contributed by atoms with Crippen molar-refractivity contribution in [2.45, 2.75) is 19.1 Å². The summed E-state index contributed by atoms with van der Waals surface area (Å²) in [5.74, 6) is -1.40. The molecule has 0 fully saturated rings. The number of rotatable bonds is 3. The SMILES string of the molecule is Cc1cc(CS(=O)(=O)N2CCc3c(F)cc(F)cc32)no1. The third-order valence-electron chi connectivity index (χ3n) is 3.31. The third kappa shape index (κ3) is 2.51. The molecule has 8 heteroatoms. The van der Waals surface area contributed by atoms with E-state index in [-0.39, 0.29) is 35.7 Å². The van der Waals surface area contributed by atoms with Crippen LogP contribution in [0.5, 0.6) is 0 Å². The molecule has 0 aliphatic carbocycles. The molecule has 0 spiro atoms. The maximum absolute atomic E-state index is 13.7. The number of hydrogen-bond acceptors (Lipinski definition) is 4. The van der Waals surface area contributed by atoms with Gasteiger partial charge < -0.3 is 4.52 Å². The third-order valence-corrected chi connectivity index (χ3v) is 5.02. The van der Waals surface area contributed by atoms with Crippen molar-refractivity contribution in [3.05, 3.63) is 46.9 Å². The Morgan fingerprint density at radius 1 is 1.33 bits per heavy atom. The molecule has 1 aliphatic rings. The molecule has 0 unspecified atom stereocenters. The molecule has 2 heterocycles. The minimum atomic E-state index is -3.77. The van der Waals surface area contributed by atoms with E-state index in [2.05, 4.69) is 5.16 Å². The molecular formula is C13H12F2N2O3S. The van der Waals surface area contributed by atoms with Crippen LogP contribution in [0.3, 0.4) is 0 Å². The minimum Gasteiger partial charge on any atom is -0.361 e. The molecule has 1 aliphatic heterocycles. The highest BCUT2D eigenvalue weighted by atomic mass is 32.2. The lowest BCUT2D eigenvalue weighted by Crippen LogP contribution is -2.30. The van der Waals surface area contributed by atoms with Crippen LogP contribution in [0.25, 0.3) is 0 Å². The molecule has 0 saturated heterocycles.